The summed E-state index contributed by atoms with van der Waals surface area (Å²) in [6, 6.07) is 17.5. The summed E-state index contributed by atoms with van der Waals surface area (Å²) in [7, 11) is 0. The van der Waals surface area contributed by atoms with E-state index in [1.54, 1.807) is 4.90 Å². The van der Waals surface area contributed by atoms with Crippen molar-refractivity contribution < 1.29 is 9.59 Å². The van der Waals surface area contributed by atoms with E-state index in [4.69, 9.17) is 0 Å². The van der Waals surface area contributed by atoms with Crippen LogP contribution < -0.4 is 5.32 Å². The van der Waals surface area contributed by atoms with Gasteiger partial charge in [0, 0.05) is 13.1 Å². The Labute approximate surface area is 169 Å². The molecule has 1 N–H and O–H groups in total. The highest BCUT2D eigenvalue weighted by molar-refractivity contribution is 5.88. The molecular formula is C24H32N2O2. The number of nitrogens with zero attached hydrogens (tertiary/aromatic N) is 1. The first kappa shape index (κ1) is 21.7. The largest absolute Gasteiger partial charge is 0.354 e. The van der Waals surface area contributed by atoms with Crippen LogP contribution in [0.4, 0.5) is 0 Å². The van der Waals surface area contributed by atoms with E-state index >= 15 is 0 Å². The maximum atomic E-state index is 13.0. The molecule has 0 radical (unpaired) electrons. The summed E-state index contributed by atoms with van der Waals surface area (Å²) in [5.74, 6) is 0.253. The standard InChI is InChI=1S/C24H32N2O2/c1-18(2)17-25-24(28)20(4)26(15-14-21-8-6-5-7-9-21)23(27)16-22-12-10-19(3)11-13-22/h5-13,18,20H,14-17H2,1-4H3,(H,25,28)/t20-/m1/s1. The van der Waals surface area contributed by atoms with E-state index in [9.17, 15) is 9.59 Å². The van der Waals surface area contributed by atoms with Gasteiger partial charge in [0.2, 0.25) is 11.8 Å². The minimum absolute atomic E-state index is 0.0213. The highest BCUT2D eigenvalue weighted by atomic mass is 16.2. The topological polar surface area (TPSA) is 49.4 Å². The van der Waals surface area contributed by atoms with Crippen molar-refractivity contribution in [2.24, 2.45) is 5.92 Å². The van der Waals surface area contributed by atoms with E-state index in [0.717, 1.165) is 17.5 Å². The van der Waals surface area contributed by atoms with Gasteiger partial charge in [-0.05, 0) is 37.3 Å². The molecular weight excluding hydrogens is 348 g/mol. The number of amides is 2. The number of hydrogen-bond donors (Lipinski definition) is 1. The molecule has 0 saturated heterocycles. The Balaban J connectivity index is 2.10. The molecule has 1 atom stereocenters. The number of hydrogen-bond acceptors (Lipinski definition) is 2. The predicted octanol–water partition coefficient (Wildman–Crippen LogP) is 3.77. The molecule has 2 aromatic rings. The van der Waals surface area contributed by atoms with Crippen LogP contribution in [-0.4, -0.2) is 35.8 Å². The van der Waals surface area contributed by atoms with Crippen LogP contribution in [0.25, 0.3) is 0 Å². The molecule has 0 aliphatic carbocycles. The quantitative estimate of drug-likeness (QED) is 0.720. The van der Waals surface area contributed by atoms with Crippen molar-refractivity contribution in [1.82, 2.24) is 10.2 Å². The number of benzene rings is 2. The van der Waals surface area contributed by atoms with Gasteiger partial charge < -0.3 is 10.2 Å². The Hall–Kier alpha value is -2.62. The monoisotopic (exact) mass is 380 g/mol. The van der Waals surface area contributed by atoms with Gasteiger partial charge in [0.25, 0.3) is 0 Å². The zero-order chi connectivity index (χ0) is 20.5. The fraction of sp³-hybridized carbons (Fsp3) is 0.417. The van der Waals surface area contributed by atoms with Gasteiger partial charge in [-0.1, -0.05) is 74.0 Å². The lowest BCUT2D eigenvalue weighted by atomic mass is 10.1. The summed E-state index contributed by atoms with van der Waals surface area (Å²) >= 11 is 0. The zero-order valence-corrected chi connectivity index (χ0v) is 17.4. The molecule has 0 unspecified atom stereocenters. The number of rotatable bonds is 9. The van der Waals surface area contributed by atoms with Crippen LogP contribution in [0.3, 0.4) is 0 Å². The molecule has 150 valence electrons. The van der Waals surface area contributed by atoms with Crippen LogP contribution in [0.15, 0.2) is 54.6 Å². The highest BCUT2D eigenvalue weighted by Crippen LogP contribution is 2.11. The average molecular weight is 381 g/mol. The van der Waals surface area contributed by atoms with E-state index in [0.29, 0.717) is 25.4 Å². The van der Waals surface area contributed by atoms with Crippen LogP contribution in [0, 0.1) is 12.8 Å². The van der Waals surface area contributed by atoms with Crippen molar-refractivity contribution in [3.8, 4) is 0 Å². The van der Waals surface area contributed by atoms with Crippen molar-refractivity contribution in [2.75, 3.05) is 13.1 Å². The number of carbonyl (C=O) groups is 2. The summed E-state index contributed by atoms with van der Waals surface area (Å²) in [6.45, 7) is 9.08. The van der Waals surface area contributed by atoms with E-state index in [1.165, 1.54) is 5.56 Å². The fourth-order valence-corrected chi connectivity index (χ4v) is 3.00. The molecule has 2 amide bonds. The van der Waals surface area contributed by atoms with E-state index in [2.05, 4.69) is 19.2 Å². The summed E-state index contributed by atoms with van der Waals surface area (Å²) in [5.41, 5.74) is 3.29. The second-order valence-corrected chi connectivity index (χ2v) is 7.80. The first-order chi connectivity index (χ1) is 13.4. The van der Waals surface area contributed by atoms with Gasteiger partial charge in [-0.15, -0.1) is 0 Å². The Morgan fingerprint density at radius 2 is 1.57 bits per heavy atom. The van der Waals surface area contributed by atoms with Crippen molar-refractivity contribution in [3.63, 3.8) is 0 Å². The fourth-order valence-electron chi connectivity index (χ4n) is 3.00. The maximum Gasteiger partial charge on any atom is 0.242 e. The molecule has 0 bridgehead atoms. The summed E-state index contributed by atoms with van der Waals surface area (Å²) in [4.78, 5) is 27.4. The summed E-state index contributed by atoms with van der Waals surface area (Å²) in [6.07, 6.45) is 1.03. The van der Waals surface area contributed by atoms with Crippen LogP contribution in [0.1, 0.15) is 37.5 Å². The number of nitrogens with one attached hydrogen (secondary N) is 1. The maximum absolute atomic E-state index is 13.0. The van der Waals surface area contributed by atoms with Crippen LogP contribution in [0.5, 0.6) is 0 Å². The van der Waals surface area contributed by atoms with E-state index in [1.807, 2.05) is 68.4 Å². The second kappa shape index (κ2) is 10.6. The SMILES string of the molecule is Cc1ccc(CC(=O)N(CCc2ccccc2)[C@H](C)C(=O)NCC(C)C)cc1. The van der Waals surface area contributed by atoms with Crippen LogP contribution in [0.2, 0.25) is 0 Å². The van der Waals surface area contributed by atoms with Gasteiger partial charge in [0.15, 0.2) is 0 Å². The molecule has 4 heteroatoms. The number of carbonyl (C=O) groups excluding carboxylic acids is 2. The Morgan fingerprint density at radius 1 is 0.929 bits per heavy atom. The molecule has 4 nitrogen and oxygen atoms in total. The molecule has 0 heterocycles. The summed E-state index contributed by atoms with van der Waals surface area (Å²) in [5, 5.41) is 2.95. The van der Waals surface area contributed by atoms with Crippen molar-refractivity contribution in [1.29, 1.82) is 0 Å². The zero-order valence-electron chi connectivity index (χ0n) is 17.4. The minimum Gasteiger partial charge on any atom is -0.354 e. The third kappa shape index (κ3) is 6.84. The lowest BCUT2D eigenvalue weighted by Crippen LogP contribution is -2.49. The van der Waals surface area contributed by atoms with Gasteiger partial charge in [-0.3, -0.25) is 9.59 Å². The van der Waals surface area contributed by atoms with Crippen molar-refractivity contribution in [2.45, 2.75) is 46.6 Å². The van der Waals surface area contributed by atoms with Gasteiger partial charge in [-0.2, -0.15) is 0 Å². The molecule has 28 heavy (non-hydrogen) atoms. The third-order valence-corrected chi connectivity index (χ3v) is 4.81. The van der Waals surface area contributed by atoms with Gasteiger partial charge >= 0.3 is 0 Å². The smallest absolute Gasteiger partial charge is 0.242 e. The lowest BCUT2D eigenvalue weighted by molar-refractivity contribution is -0.139. The van der Waals surface area contributed by atoms with Crippen molar-refractivity contribution in [3.05, 3.63) is 71.3 Å². The van der Waals surface area contributed by atoms with Crippen LogP contribution >= 0.6 is 0 Å². The Bertz CT molecular complexity index is 754. The van der Waals surface area contributed by atoms with E-state index in [-0.39, 0.29) is 11.8 Å². The first-order valence-corrected chi connectivity index (χ1v) is 10.0. The van der Waals surface area contributed by atoms with Gasteiger partial charge in [0.1, 0.15) is 6.04 Å². The lowest BCUT2D eigenvalue weighted by Gasteiger charge is -2.29. The van der Waals surface area contributed by atoms with Crippen LogP contribution in [-0.2, 0) is 22.4 Å². The normalized spacial score (nSPS) is 11.9. The van der Waals surface area contributed by atoms with E-state index < -0.39 is 6.04 Å². The second-order valence-electron chi connectivity index (χ2n) is 7.80. The predicted molar refractivity (Wildman–Crippen MR) is 114 cm³/mol. The average Bonchev–Trinajstić information content (AvgIpc) is 2.68. The number of aryl methyl sites for hydroxylation is 1. The highest BCUT2D eigenvalue weighted by Gasteiger charge is 2.25. The molecule has 0 spiro atoms. The third-order valence-electron chi connectivity index (χ3n) is 4.81. The van der Waals surface area contributed by atoms with Gasteiger partial charge in [-0.25, -0.2) is 0 Å². The summed E-state index contributed by atoms with van der Waals surface area (Å²) < 4.78 is 0. The Kier molecular flexibility index (Phi) is 8.24. The molecule has 0 aromatic heterocycles. The minimum atomic E-state index is -0.500. The molecule has 0 fully saturated rings. The molecule has 0 aliphatic heterocycles. The molecule has 0 saturated carbocycles. The molecule has 0 aliphatic rings. The van der Waals surface area contributed by atoms with Gasteiger partial charge in [0.05, 0.1) is 6.42 Å². The van der Waals surface area contributed by atoms with Crippen molar-refractivity contribution >= 4 is 11.8 Å². The first-order valence-electron chi connectivity index (χ1n) is 10.0. The Morgan fingerprint density at radius 3 is 2.18 bits per heavy atom. The molecule has 2 aromatic carbocycles. The molecule has 2 rings (SSSR count).